The van der Waals surface area contributed by atoms with E-state index in [0.29, 0.717) is 0 Å². The van der Waals surface area contributed by atoms with Gasteiger partial charge in [0.05, 0.1) is 0 Å². The summed E-state index contributed by atoms with van der Waals surface area (Å²) in [6.45, 7) is 0. The van der Waals surface area contributed by atoms with Crippen molar-refractivity contribution in [1.29, 1.82) is 0 Å². The quantitative estimate of drug-likeness (QED) is 0.165. The van der Waals surface area contributed by atoms with Crippen molar-refractivity contribution >= 4 is 47.7 Å². The van der Waals surface area contributed by atoms with Crippen LogP contribution < -0.4 is 31.8 Å². The maximum absolute atomic E-state index is 2.23. The van der Waals surface area contributed by atoms with Crippen LogP contribution in [0.4, 0.5) is 0 Å². The zero-order valence-corrected chi connectivity index (χ0v) is 25.7. The number of benzene rings is 6. The maximum Gasteiger partial charge on any atom is 0 e. The first-order valence-electron chi connectivity index (χ1n) is 12.8. The van der Waals surface area contributed by atoms with Crippen LogP contribution >= 0.6 is 15.8 Å². The van der Waals surface area contributed by atoms with E-state index in [1.165, 1.54) is 31.8 Å². The molecule has 0 fully saturated rings. The number of hydrogen-bond acceptors (Lipinski definition) is 0. The maximum atomic E-state index is 2.23. The Morgan fingerprint density at radius 3 is 0.462 bits per heavy atom. The van der Waals surface area contributed by atoms with Gasteiger partial charge in [0.2, 0.25) is 0 Å². The molecular weight excluding hydrogens is 687 g/mol. The molecule has 0 aliphatic carbocycles. The van der Waals surface area contributed by atoms with Gasteiger partial charge in [0, 0.05) is 20.1 Å². The predicted octanol–water partition coefficient (Wildman–Crippen LogP) is 6.89. The second-order valence-corrected chi connectivity index (χ2v) is 13.1. The van der Waals surface area contributed by atoms with Gasteiger partial charge in [-0.15, -0.1) is 0 Å². The molecule has 1 radical (unpaired) electrons. The van der Waals surface area contributed by atoms with Crippen molar-refractivity contribution in [3.05, 3.63) is 182 Å². The van der Waals surface area contributed by atoms with E-state index in [2.05, 4.69) is 182 Å². The molecule has 0 aliphatic rings. The molecule has 0 N–H and O–H groups in total. The Balaban J connectivity index is 0.000000176. The SMILES string of the molecule is [Ir].c1ccc(P(c2ccccc2)c2ccccc2)cc1.c1ccc(P(c2ccccc2)c2ccccc2)cc1. The van der Waals surface area contributed by atoms with E-state index in [-0.39, 0.29) is 20.1 Å². The summed E-state index contributed by atoms with van der Waals surface area (Å²) in [7, 11) is -0.892. The third-order valence-corrected chi connectivity index (χ3v) is 11.0. The van der Waals surface area contributed by atoms with Gasteiger partial charge in [-0.05, 0) is 47.7 Å². The molecular formula is C36H30IrP2. The van der Waals surface area contributed by atoms with Crippen molar-refractivity contribution in [2.24, 2.45) is 0 Å². The van der Waals surface area contributed by atoms with Crippen LogP contribution in [0.15, 0.2) is 182 Å². The topological polar surface area (TPSA) is 0 Å². The largest absolute Gasteiger partial charge is 0.0622 e. The Morgan fingerprint density at radius 1 is 0.205 bits per heavy atom. The molecule has 6 rings (SSSR count). The van der Waals surface area contributed by atoms with Crippen LogP contribution in [0.5, 0.6) is 0 Å². The Bertz CT molecular complexity index is 1170. The van der Waals surface area contributed by atoms with E-state index < -0.39 is 15.8 Å². The fourth-order valence-electron chi connectivity index (χ4n) is 4.36. The zero-order chi connectivity index (χ0) is 25.8. The first-order valence-corrected chi connectivity index (χ1v) is 15.5. The van der Waals surface area contributed by atoms with Crippen LogP contribution in [-0.2, 0) is 20.1 Å². The molecule has 193 valence electrons. The van der Waals surface area contributed by atoms with E-state index in [1.807, 2.05) is 0 Å². The van der Waals surface area contributed by atoms with Crippen LogP contribution in [-0.4, -0.2) is 0 Å². The fourth-order valence-corrected chi connectivity index (χ4v) is 8.97. The van der Waals surface area contributed by atoms with Crippen molar-refractivity contribution in [3.8, 4) is 0 Å². The van der Waals surface area contributed by atoms with Crippen molar-refractivity contribution in [1.82, 2.24) is 0 Å². The summed E-state index contributed by atoms with van der Waals surface area (Å²) in [5.74, 6) is 0. The molecule has 0 saturated carbocycles. The van der Waals surface area contributed by atoms with Gasteiger partial charge in [0.1, 0.15) is 0 Å². The molecule has 0 atom stereocenters. The third kappa shape index (κ3) is 7.92. The van der Waals surface area contributed by atoms with Gasteiger partial charge in [-0.1, -0.05) is 182 Å². The van der Waals surface area contributed by atoms with Crippen molar-refractivity contribution < 1.29 is 20.1 Å². The molecule has 0 bridgehead atoms. The molecule has 0 nitrogen and oxygen atoms in total. The van der Waals surface area contributed by atoms with E-state index >= 15 is 0 Å². The Morgan fingerprint density at radius 2 is 0.333 bits per heavy atom. The molecule has 6 aromatic carbocycles. The Hall–Kier alpha value is -3.17. The second kappa shape index (κ2) is 15.4. The molecule has 39 heavy (non-hydrogen) atoms. The molecule has 0 spiro atoms. The van der Waals surface area contributed by atoms with Gasteiger partial charge >= 0.3 is 0 Å². The van der Waals surface area contributed by atoms with E-state index in [1.54, 1.807) is 0 Å². The summed E-state index contributed by atoms with van der Waals surface area (Å²) in [5.41, 5.74) is 0. The summed E-state index contributed by atoms with van der Waals surface area (Å²) in [5, 5.41) is 8.39. The van der Waals surface area contributed by atoms with Crippen LogP contribution in [0.2, 0.25) is 0 Å². The van der Waals surface area contributed by atoms with E-state index in [4.69, 9.17) is 0 Å². The molecule has 0 amide bonds. The molecule has 0 unspecified atom stereocenters. The first-order chi connectivity index (χ1) is 18.9. The molecule has 3 heteroatoms. The van der Waals surface area contributed by atoms with Gasteiger partial charge < -0.3 is 0 Å². The smallest absolute Gasteiger partial charge is 0 e. The summed E-state index contributed by atoms with van der Waals surface area (Å²) >= 11 is 0. The summed E-state index contributed by atoms with van der Waals surface area (Å²) in [6.07, 6.45) is 0. The molecule has 6 aromatic rings. The van der Waals surface area contributed by atoms with Gasteiger partial charge in [0.25, 0.3) is 0 Å². The average molecular weight is 717 g/mol. The predicted molar refractivity (Wildman–Crippen MR) is 170 cm³/mol. The standard InChI is InChI=1S/2C18H15P.Ir/c2*1-4-10-16(11-5-1)19(17-12-6-2-7-13-17)18-14-8-3-9-15-18;/h2*1-15H;. The molecule has 0 aromatic heterocycles. The summed E-state index contributed by atoms with van der Waals surface area (Å²) in [4.78, 5) is 0. The zero-order valence-electron chi connectivity index (χ0n) is 21.5. The van der Waals surface area contributed by atoms with Crippen LogP contribution in [0, 0.1) is 0 Å². The minimum atomic E-state index is -0.446. The van der Waals surface area contributed by atoms with Crippen LogP contribution in [0.1, 0.15) is 0 Å². The van der Waals surface area contributed by atoms with Gasteiger partial charge in [0.15, 0.2) is 0 Å². The van der Waals surface area contributed by atoms with Crippen molar-refractivity contribution in [3.63, 3.8) is 0 Å². The van der Waals surface area contributed by atoms with E-state index in [0.717, 1.165) is 0 Å². The third-order valence-electron chi connectivity index (χ3n) is 6.09. The summed E-state index contributed by atoms with van der Waals surface area (Å²) in [6, 6.07) is 64.7. The first kappa shape index (κ1) is 28.8. The van der Waals surface area contributed by atoms with Crippen molar-refractivity contribution in [2.45, 2.75) is 0 Å². The Kier molecular flexibility index (Phi) is 11.4. The monoisotopic (exact) mass is 717 g/mol. The van der Waals surface area contributed by atoms with Crippen LogP contribution in [0.3, 0.4) is 0 Å². The van der Waals surface area contributed by atoms with Gasteiger partial charge in [-0.25, -0.2) is 0 Å². The fraction of sp³-hybridized carbons (Fsp3) is 0. The van der Waals surface area contributed by atoms with Gasteiger partial charge in [-0.3, -0.25) is 0 Å². The Labute approximate surface area is 248 Å². The second-order valence-electron chi connectivity index (χ2n) is 8.68. The number of hydrogen-bond donors (Lipinski definition) is 0. The normalized spacial score (nSPS) is 10.3. The molecule has 0 heterocycles. The van der Waals surface area contributed by atoms with Gasteiger partial charge in [-0.2, -0.15) is 0 Å². The average Bonchev–Trinajstić information content (AvgIpc) is 3.01. The minimum Gasteiger partial charge on any atom is -0.0622 e. The van der Waals surface area contributed by atoms with Crippen molar-refractivity contribution in [2.75, 3.05) is 0 Å². The molecule has 0 saturated heterocycles. The minimum absolute atomic E-state index is 0. The summed E-state index contributed by atoms with van der Waals surface area (Å²) < 4.78 is 0. The van der Waals surface area contributed by atoms with Crippen LogP contribution in [0.25, 0.3) is 0 Å². The van der Waals surface area contributed by atoms with E-state index in [9.17, 15) is 0 Å². The number of rotatable bonds is 6. The molecule has 0 aliphatic heterocycles.